The number of carbonyl (C=O) groups is 1. The number of aromatic hydroxyl groups is 1. The van der Waals surface area contributed by atoms with E-state index in [0.717, 1.165) is 36.1 Å². The van der Waals surface area contributed by atoms with E-state index in [2.05, 4.69) is 33.0 Å². The Kier molecular flexibility index (Phi) is 3.91. The second-order valence-corrected chi connectivity index (χ2v) is 11.0. The monoisotopic (exact) mass is 419 g/mol. The maximum Gasteiger partial charge on any atom is 0.255 e. The van der Waals surface area contributed by atoms with E-state index < -0.39 is 11.7 Å². The average molecular weight is 420 g/mol. The van der Waals surface area contributed by atoms with Crippen LogP contribution in [-0.2, 0) is 13.0 Å². The fourth-order valence-electron chi connectivity index (χ4n) is 7.07. The second-order valence-electron chi connectivity index (χ2n) is 10.5. The van der Waals surface area contributed by atoms with Crippen LogP contribution in [0, 0.1) is 22.7 Å². The number of fused-ring (bicyclic) bond motifs is 3. The molecule has 1 amide bonds. The Labute approximate surface area is 176 Å². The molecule has 2 heterocycles. The van der Waals surface area contributed by atoms with Gasteiger partial charge < -0.3 is 20.3 Å². The van der Waals surface area contributed by atoms with Crippen molar-refractivity contribution in [3.63, 3.8) is 0 Å². The maximum atomic E-state index is 12.3. The van der Waals surface area contributed by atoms with Crippen LogP contribution in [0.1, 0.15) is 68.4 Å². The summed E-state index contributed by atoms with van der Waals surface area (Å²) < 4.78 is 6.98. The number of phenolic OH excluding ortho intramolecular Hbond substituents is 1. The largest absolute Gasteiger partial charge is 0.507 e. The van der Waals surface area contributed by atoms with Gasteiger partial charge in [0.15, 0.2) is 0 Å². The number of hydrogen-bond donors (Lipinski definition) is 3. The van der Waals surface area contributed by atoms with Gasteiger partial charge in [0.1, 0.15) is 17.1 Å². The van der Waals surface area contributed by atoms with E-state index in [0.29, 0.717) is 24.4 Å². The summed E-state index contributed by atoms with van der Waals surface area (Å²) in [5.41, 5.74) is 0.996. The zero-order valence-electron chi connectivity index (χ0n) is 17.5. The molecule has 4 aliphatic rings. The highest BCUT2D eigenvalue weighted by atomic mass is 35.5. The third-order valence-electron chi connectivity index (χ3n) is 8.89. The SMILES string of the molecule is C[C@H]1CC[C@H]2C(C)(C)[C@@H](Cl)[C@H](O)C[C@]23Oc2c(cc(O)c4c2CNC4=O)C[C@]13C. The first-order chi connectivity index (χ1) is 13.5. The van der Waals surface area contributed by atoms with Gasteiger partial charge in [-0.25, -0.2) is 0 Å². The average Bonchev–Trinajstić information content (AvgIpc) is 3.03. The molecule has 1 aromatic carbocycles. The van der Waals surface area contributed by atoms with E-state index >= 15 is 0 Å². The van der Waals surface area contributed by atoms with Crippen molar-refractivity contribution in [3.8, 4) is 11.5 Å². The van der Waals surface area contributed by atoms with Gasteiger partial charge in [0.25, 0.3) is 5.91 Å². The number of ether oxygens (including phenoxy) is 1. The van der Waals surface area contributed by atoms with Crippen LogP contribution in [0.2, 0.25) is 0 Å². The van der Waals surface area contributed by atoms with E-state index in [4.69, 9.17) is 16.3 Å². The molecule has 158 valence electrons. The smallest absolute Gasteiger partial charge is 0.255 e. The summed E-state index contributed by atoms with van der Waals surface area (Å²) in [7, 11) is 0. The number of halogens is 1. The summed E-state index contributed by atoms with van der Waals surface area (Å²) in [6, 6.07) is 1.71. The van der Waals surface area contributed by atoms with Gasteiger partial charge in [-0.05, 0) is 42.2 Å². The lowest BCUT2D eigenvalue weighted by molar-refractivity contribution is -0.228. The Morgan fingerprint density at radius 3 is 2.72 bits per heavy atom. The molecule has 2 aliphatic carbocycles. The molecular weight excluding hydrogens is 390 g/mol. The molecular formula is C23H30ClNO4. The van der Waals surface area contributed by atoms with Crippen molar-refractivity contribution >= 4 is 17.5 Å². The van der Waals surface area contributed by atoms with Crippen LogP contribution in [0.3, 0.4) is 0 Å². The van der Waals surface area contributed by atoms with E-state index in [1.54, 1.807) is 6.07 Å². The fourth-order valence-corrected chi connectivity index (χ4v) is 7.31. The Bertz CT molecular complexity index is 915. The van der Waals surface area contributed by atoms with E-state index in [-0.39, 0.29) is 33.8 Å². The van der Waals surface area contributed by atoms with Crippen LogP contribution in [-0.4, -0.2) is 33.2 Å². The number of amides is 1. The van der Waals surface area contributed by atoms with Crippen LogP contribution in [0.4, 0.5) is 0 Å². The van der Waals surface area contributed by atoms with Crippen molar-refractivity contribution in [2.75, 3.05) is 0 Å². The summed E-state index contributed by atoms with van der Waals surface area (Å²) in [4.78, 5) is 12.3. The minimum atomic E-state index is -0.654. The number of benzene rings is 1. The molecule has 0 bridgehead atoms. The molecule has 0 unspecified atom stereocenters. The zero-order chi connectivity index (χ0) is 20.9. The molecule has 6 heteroatoms. The topological polar surface area (TPSA) is 78.8 Å². The Balaban J connectivity index is 1.74. The van der Waals surface area contributed by atoms with Crippen molar-refractivity contribution in [1.29, 1.82) is 0 Å². The van der Waals surface area contributed by atoms with Crippen LogP contribution in [0.25, 0.3) is 0 Å². The first-order valence-electron chi connectivity index (χ1n) is 10.7. The highest BCUT2D eigenvalue weighted by Crippen LogP contribution is 2.67. The van der Waals surface area contributed by atoms with Crippen LogP contribution in [0.15, 0.2) is 6.07 Å². The number of aliphatic hydroxyl groups excluding tert-OH is 1. The minimum absolute atomic E-state index is 0.0294. The van der Waals surface area contributed by atoms with Gasteiger partial charge in [0, 0.05) is 29.9 Å². The second kappa shape index (κ2) is 5.82. The van der Waals surface area contributed by atoms with Crippen LogP contribution >= 0.6 is 11.6 Å². The zero-order valence-corrected chi connectivity index (χ0v) is 18.3. The van der Waals surface area contributed by atoms with E-state index in [1.165, 1.54) is 0 Å². The molecule has 0 radical (unpaired) electrons. The number of rotatable bonds is 0. The summed E-state index contributed by atoms with van der Waals surface area (Å²) >= 11 is 6.73. The Hall–Kier alpha value is -1.46. The van der Waals surface area contributed by atoms with Gasteiger partial charge in [-0.3, -0.25) is 4.79 Å². The molecule has 1 aromatic rings. The normalized spacial score (nSPS) is 42.1. The molecule has 5 rings (SSSR count). The molecule has 2 fully saturated rings. The molecule has 3 N–H and O–H groups in total. The van der Waals surface area contributed by atoms with Gasteiger partial charge in [-0.15, -0.1) is 11.6 Å². The van der Waals surface area contributed by atoms with Crippen LogP contribution in [0.5, 0.6) is 11.5 Å². The summed E-state index contributed by atoms with van der Waals surface area (Å²) in [5, 5.41) is 24.0. The minimum Gasteiger partial charge on any atom is -0.507 e. The Morgan fingerprint density at radius 2 is 2.00 bits per heavy atom. The fraction of sp³-hybridized carbons (Fsp3) is 0.696. The lowest BCUT2D eigenvalue weighted by atomic mass is 9.43. The van der Waals surface area contributed by atoms with E-state index in [9.17, 15) is 15.0 Å². The third-order valence-corrected chi connectivity index (χ3v) is 9.75. The third kappa shape index (κ3) is 2.24. The van der Waals surface area contributed by atoms with E-state index in [1.807, 2.05) is 0 Å². The van der Waals surface area contributed by atoms with Gasteiger partial charge in [-0.1, -0.05) is 27.7 Å². The number of phenols is 1. The van der Waals surface area contributed by atoms with Crippen molar-refractivity contribution in [2.24, 2.45) is 22.7 Å². The number of nitrogens with one attached hydrogen (secondary N) is 1. The van der Waals surface area contributed by atoms with Gasteiger partial charge in [0.05, 0.1) is 17.0 Å². The summed E-state index contributed by atoms with van der Waals surface area (Å²) in [6.07, 6.45) is 2.69. The van der Waals surface area contributed by atoms with Gasteiger partial charge in [-0.2, -0.15) is 0 Å². The standard InChI is InChI=1S/C23H30ClNO4/c1-11-5-6-16-21(2,3)19(24)15(27)9-23(16)22(11,4)8-12-7-14(26)17-13(18(12)29-23)10-25-20(17)28/h7,11,15-16,19,26-27H,5-6,8-10H2,1-4H3,(H,25,28)/t11-,15+,16-,19-,22+,23-/m0/s1. The van der Waals surface area contributed by atoms with Crippen molar-refractivity contribution in [2.45, 2.75) is 77.0 Å². The van der Waals surface area contributed by atoms with Crippen molar-refractivity contribution in [3.05, 3.63) is 22.8 Å². The maximum absolute atomic E-state index is 12.3. The highest BCUT2D eigenvalue weighted by molar-refractivity contribution is 6.21. The molecule has 0 aromatic heterocycles. The molecule has 0 saturated heterocycles. The molecule has 5 nitrogen and oxygen atoms in total. The Morgan fingerprint density at radius 1 is 1.28 bits per heavy atom. The lowest BCUT2D eigenvalue weighted by Crippen LogP contribution is -2.72. The van der Waals surface area contributed by atoms with Crippen LogP contribution < -0.4 is 10.1 Å². The number of alkyl halides is 1. The molecule has 1 spiro atoms. The van der Waals surface area contributed by atoms with Crippen molar-refractivity contribution < 1.29 is 19.7 Å². The predicted octanol–water partition coefficient (Wildman–Crippen LogP) is 3.76. The number of carbonyl (C=O) groups excluding carboxylic acids is 1. The number of aliphatic hydroxyl groups is 1. The molecule has 2 saturated carbocycles. The molecule has 2 aliphatic heterocycles. The quantitative estimate of drug-likeness (QED) is 0.559. The summed E-state index contributed by atoms with van der Waals surface area (Å²) in [6.45, 7) is 9.22. The molecule has 29 heavy (non-hydrogen) atoms. The van der Waals surface area contributed by atoms with Gasteiger partial charge in [0.2, 0.25) is 0 Å². The summed E-state index contributed by atoms with van der Waals surface area (Å²) in [5.74, 6) is 1.10. The van der Waals surface area contributed by atoms with Gasteiger partial charge >= 0.3 is 0 Å². The first kappa shape index (κ1) is 19.5. The number of hydrogen-bond acceptors (Lipinski definition) is 4. The predicted molar refractivity (Wildman–Crippen MR) is 110 cm³/mol. The molecule has 6 atom stereocenters. The lowest BCUT2D eigenvalue weighted by Gasteiger charge is -2.67. The highest BCUT2D eigenvalue weighted by Gasteiger charge is 2.69. The van der Waals surface area contributed by atoms with Crippen molar-refractivity contribution in [1.82, 2.24) is 5.32 Å². The first-order valence-corrected chi connectivity index (χ1v) is 11.1.